The molecule has 0 aliphatic carbocycles. The number of hydrogen-bond donors (Lipinski definition) is 1. The van der Waals surface area contributed by atoms with Crippen LogP contribution in [0.4, 0.5) is 0 Å². The van der Waals surface area contributed by atoms with Crippen LogP contribution < -0.4 is 0 Å². The SMILES string of the molecule is CCC1CC(N2CCc3ccccc3C2C(=O)O)CCO1. The van der Waals surface area contributed by atoms with Crippen LogP contribution >= 0.6 is 0 Å². The zero-order chi connectivity index (χ0) is 14.8. The smallest absolute Gasteiger partial charge is 0.325 e. The van der Waals surface area contributed by atoms with Crippen LogP contribution in [0.25, 0.3) is 0 Å². The van der Waals surface area contributed by atoms with E-state index in [1.807, 2.05) is 18.2 Å². The number of carboxylic acid groups (broad SMARTS) is 1. The van der Waals surface area contributed by atoms with Gasteiger partial charge in [0.05, 0.1) is 6.10 Å². The zero-order valence-corrected chi connectivity index (χ0v) is 12.5. The Morgan fingerprint density at radius 2 is 2.24 bits per heavy atom. The fourth-order valence-corrected chi connectivity index (χ4v) is 3.70. The highest BCUT2D eigenvalue weighted by molar-refractivity contribution is 5.76. The molecule has 4 nitrogen and oxygen atoms in total. The summed E-state index contributed by atoms with van der Waals surface area (Å²) in [5.74, 6) is -0.735. The van der Waals surface area contributed by atoms with E-state index in [0.29, 0.717) is 6.04 Å². The van der Waals surface area contributed by atoms with E-state index < -0.39 is 12.0 Å². The molecule has 0 saturated carbocycles. The topological polar surface area (TPSA) is 49.8 Å². The predicted molar refractivity (Wildman–Crippen MR) is 80.3 cm³/mol. The molecule has 2 aliphatic heterocycles. The second-order valence-corrected chi connectivity index (χ2v) is 6.01. The van der Waals surface area contributed by atoms with Gasteiger partial charge in [-0.2, -0.15) is 0 Å². The van der Waals surface area contributed by atoms with E-state index in [1.54, 1.807) is 0 Å². The van der Waals surface area contributed by atoms with Crippen LogP contribution in [0.3, 0.4) is 0 Å². The molecule has 1 N–H and O–H groups in total. The molecule has 1 aromatic carbocycles. The predicted octanol–water partition coefficient (Wildman–Crippen LogP) is 2.63. The van der Waals surface area contributed by atoms with E-state index in [-0.39, 0.29) is 6.10 Å². The lowest BCUT2D eigenvalue weighted by atomic mass is 9.89. The molecule has 0 amide bonds. The van der Waals surface area contributed by atoms with Crippen molar-refractivity contribution >= 4 is 5.97 Å². The molecule has 0 radical (unpaired) electrons. The van der Waals surface area contributed by atoms with Gasteiger partial charge in [0.2, 0.25) is 0 Å². The maximum absolute atomic E-state index is 11.8. The van der Waals surface area contributed by atoms with Gasteiger partial charge in [-0.25, -0.2) is 0 Å². The van der Waals surface area contributed by atoms with Crippen molar-refractivity contribution in [2.24, 2.45) is 0 Å². The van der Waals surface area contributed by atoms with Gasteiger partial charge in [0.1, 0.15) is 6.04 Å². The maximum Gasteiger partial charge on any atom is 0.325 e. The number of rotatable bonds is 3. The van der Waals surface area contributed by atoms with Gasteiger partial charge in [-0.3, -0.25) is 9.69 Å². The molecule has 4 heteroatoms. The Kier molecular flexibility index (Phi) is 4.27. The number of carbonyl (C=O) groups is 1. The fourth-order valence-electron chi connectivity index (χ4n) is 3.70. The number of aliphatic carboxylic acids is 1. The molecule has 1 aromatic rings. The summed E-state index contributed by atoms with van der Waals surface area (Å²) in [7, 11) is 0. The van der Waals surface area contributed by atoms with Crippen LogP contribution in [0.1, 0.15) is 43.4 Å². The summed E-state index contributed by atoms with van der Waals surface area (Å²) >= 11 is 0. The Bertz CT molecular complexity index is 517. The first-order chi connectivity index (χ1) is 10.2. The molecule has 114 valence electrons. The number of fused-ring (bicyclic) bond motifs is 1. The number of nitrogens with zero attached hydrogens (tertiary/aromatic N) is 1. The van der Waals surface area contributed by atoms with Crippen molar-refractivity contribution in [1.29, 1.82) is 0 Å². The monoisotopic (exact) mass is 289 g/mol. The molecular formula is C17H23NO3. The van der Waals surface area contributed by atoms with Gasteiger partial charge in [0.25, 0.3) is 0 Å². The lowest BCUT2D eigenvalue weighted by molar-refractivity contribution is -0.147. The minimum Gasteiger partial charge on any atom is -0.480 e. The first kappa shape index (κ1) is 14.5. The minimum absolute atomic E-state index is 0.273. The first-order valence-electron chi connectivity index (χ1n) is 7.88. The third-order valence-corrected chi connectivity index (χ3v) is 4.82. The number of benzene rings is 1. The standard InChI is InChI=1S/C17H23NO3/c1-2-14-11-13(8-10-21-14)18-9-7-12-5-3-4-6-15(12)16(18)17(19)20/h3-6,13-14,16H,2,7-11H2,1H3,(H,19,20). The van der Waals surface area contributed by atoms with Gasteiger partial charge in [-0.05, 0) is 36.8 Å². The average Bonchev–Trinajstić information content (AvgIpc) is 2.53. The molecule has 3 rings (SSSR count). The van der Waals surface area contributed by atoms with Crippen molar-refractivity contribution in [2.45, 2.75) is 50.8 Å². The van der Waals surface area contributed by atoms with Gasteiger partial charge < -0.3 is 9.84 Å². The summed E-state index contributed by atoms with van der Waals surface area (Å²) in [6.45, 7) is 3.70. The summed E-state index contributed by atoms with van der Waals surface area (Å²) in [5.41, 5.74) is 2.15. The minimum atomic E-state index is -0.735. The molecule has 21 heavy (non-hydrogen) atoms. The number of ether oxygens (including phenoxy) is 1. The van der Waals surface area contributed by atoms with Crippen molar-refractivity contribution in [3.63, 3.8) is 0 Å². The normalized spacial score (nSPS) is 29.9. The zero-order valence-electron chi connectivity index (χ0n) is 12.5. The maximum atomic E-state index is 11.8. The van der Waals surface area contributed by atoms with Crippen molar-refractivity contribution < 1.29 is 14.6 Å². The van der Waals surface area contributed by atoms with Gasteiger partial charge >= 0.3 is 5.97 Å². The quantitative estimate of drug-likeness (QED) is 0.929. The average molecular weight is 289 g/mol. The van der Waals surface area contributed by atoms with Crippen LogP contribution in [-0.4, -0.2) is 41.3 Å². The van der Waals surface area contributed by atoms with E-state index >= 15 is 0 Å². The summed E-state index contributed by atoms with van der Waals surface area (Å²) in [6, 6.07) is 7.78. The van der Waals surface area contributed by atoms with Crippen molar-refractivity contribution in [3.8, 4) is 0 Å². The van der Waals surface area contributed by atoms with E-state index in [4.69, 9.17) is 4.74 Å². The van der Waals surface area contributed by atoms with Gasteiger partial charge in [-0.15, -0.1) is 0 Å². The highest BCUT2D eigenvalue weighted by Crippen LogP contribution is 2.34. The third-order valence-electron chi connectivity index (χ3n) is 4.82. The number of carboxylic acids is 1. The molecule has 2 aliphatic rings. The molecule has 3 atom stereocenters. The first-order valence-corrected chi connectivity index (χ1v) is 7.88. The lowest BCUT2D eigenvalue weighted by Gasteiger charge is -2.43. The second kappa shape index (κ2) is 6.16. The molecular weight excluding hydrogens is 266 g/mol. The Morgan fingerprint density at radius 1 is 1.43 bits per heavy atom. The van der Waals surface area contributed by atoms with Crippen LogP contribution in [0.2, 0.25) is 0 Å². The van der Waals surface area contributed by atoms with Gasteiger partial charge in [0.15, 0.2) is 0 Å². The third kappa shape index (κ3) is 2.83. The molecule has 1 fully saturated rings. The Hall–Kier alpha value is -1.39. The van der Waals surface area contributed by atoms with E-state index in [9.17, 15) is 9.90 Å². The van der Waals surface area contributed by atoms with Gasteiger partial charge in [-0.1, -0.05) is 31.2 Å². The van der Waals surface area contributed by atoms with Crippen molar-refractivity contribution in [2.75, 3.05) is 13.2 Å². The Labute approximate surface area is 125 Å². The summed E-state index contributed by atoms with van der Waals surface area (Å²) in [6.07, 6.45) is 4.09. The van der Waals surface area contributed by atoms with Crippen LogP contribution in [0.5, 0.6) is 0 Å². The molecule has 0 aromatic heterocycles. The second-order valence-electron chi connectivity index (χ2n) is 6.01. The Morgan fingerprint density at radius 3 is 3.00 bits per heavy atom. The number of hydrogen-bond acceptors (Lipinski definition) is 3. The molecule has 3 unspecified atom stereocenters. The fraction of sp³-hybridized carbons (Fsp3) is 0.588. The summed E-state index contributed by atoms with van der Waals surface area (Å²) in [5, 5.41) is 9.74. The largest absolute Gasteiger partial charge is 0.480 e. The lowest BCUT2D eigenvalue weighted by Crippen LogP contribution is -2.49. The highest BCUT2D eigenvalue weighted by atomic mass is 16.5. The van der Waals surface area contributed by atoms with Crippen LogP contribution in [0.15, 0.2) is 24.3 Å². The highest BCUT2D eigenvalue weighted by Gasteiger charge is 2.38. The molecule has 2 heterocycles. The van der Waals surface area contributed by atoms with E-state index in [0.717, 1.165) is 44.4 Å². The van der Waals surface area contributed by atoms with Crippen LogP contribution in [-0.2, 0) is 16.0 Å². The Balaban J connectivity index is 1.87. The summed E-state index contributed by atoms with van der Waals surface area (Å²) in [4.78, 5) is 14.0. The van der Waals surface area contributed by atoms with E-state index in [1.165, 1.54) is 5.56 Å². The molecule has 0 spiro atoms. The summed E-state index contributed by atoms with van der Waals surface area (Å²) < 4.78 is 5.74. The molecule has 0 bridgehead atoms. The van der Waals surface area contributed by atoms with E-state index in [2.05, 4.69) is 17.9 Å². The molecule has 1 saturated heterocycles. The van der Waals surface area contributed by atoms with Crippen molar-refractivity contribution in [1.82, 2.24) is 4.90 Å². The van der Waals surface area contributed by atoms with Crippen molar-refractivity contribution in [3.05, 3.63) is 35.4 Å². The van der Waals surface area contributed by atoms with Gasteiger partial charge in [0, 0.05) is 19.2 Å². The van der Waals surface area contributed by atoms with Crippen LogP contribution in [0, 0.1) is 0 Å².